The van der Waals surface area contributed by atoms with Crippen molar-refractivity contribution in [2.24, 2.45) is 5.92 Å². The molecule has 0 amide bonds. The minimum Gasteiger partial charge on any atom is -0.341 e. The summed E-state index contributed by atoms with van der Waals surface area (Å²) in [6.45, 7) is 6.71. The number of fused-ring (bicyclic) bond motifs is 1. The van der Waals surface area contributed by atoms with Crippen LogP contribution in [0.5, 0.6) is 0 Å². The number of quaternary nitrogens is 3. The number of rotatable bonds is 6. The summed E-state index contributed by atoms with van der Waals surface area (Å²) in [5.41, 5.74) is 3.23. The molecule has 2 aliphatic rings. The first kappa shape index (κ1) is 16.0. The van der Waals surface area contributed by atoms with Crippen molar-refractivity contribution in [1.82, 2.24) is 0 Å². The molecule has 1 fully saturated rings. The molecule has 1 aromatic rings. The number of likely N-dealkylation sites (tertiary alicyclic amines) is 1. The number of hydrogen-bond acceptors (Lipinski definition) is 0. The van der Waals surface area contributed by atoms with Gasteiger partial charge in [0.25, 0.3) is 0 Å². The highest BCUT2D eigenvalue weighted by molar-refractivity contribution is 5.32. The van der Waals surface area contributed by atoms with Gasteiger partial charge in [-0.3, -0.25) is 0 Å². The molecule has 1 aliphatic carbocycles. The molecule has 2 unspecified atom stereocenters. The van der Waals surface area contributed by atoms with Crippen LogP contribution in [0.2, 0.25) is 0 Å². The molecule has 1 heterocycles. The Kier molecular flexibility index (Phi) is 5.51. The number of nitrogens with two attached hydrogens (primary N) is 1. The predicted molar refractivity (Wildman–Crippen MR) is 90.4 cm³/mol. The summed E-state index contributed by atoms with van der Waals surface area (Å²) in [7, 11) is 4.50. The van der Waals surface area contributed by atoms with Gasteiger partial charge in [0.05, 0.1) is 45.7 Å². The second-order valence-corrected chi connectivity index (χ2v) is 7.76. The lowest BCUT2D eigenvalue weighted by Gasteiger charge is -2.33. The molecule has 1 aromatic carbocycles. The highest BCUT2D eigenvalue weighted by Gasteiger charge is 2.34. The van der Waals surface area contributed by atoms with Crippen LogP contribution in [0.15, 0.2) is 24.3 Å². The topological polar surface area (TPSA) is 25.5 Å². The van der Waals surface area contributed by atoms with E-state index in [4.69, 9.17) is 0 Å². The molecule has 3 nitrogen and oxygen atoms in total. The second kappa shape index (κ2) is 7.58. The summed E-state index contributed by atoms with van der Waals surface area (Å²) in [6, 6.07) is 9.95. The Labute approximate surface area is 135 Å². The molecular formula is C19H34N3+3. The number of nitrogens with one attached hydrogen (secondary N) is 2. The van der Waals surface area contributed by atoms with Crippen molar-refractivity contribution in [2.75, 3.05) is 46.8 Å². The third kappa shape index (κ3) is 4.09. The van der Waals surface area contributed by atoms with Gasteiger partial charge in [0.15, 0.2) is 0 Å². The van der Waals surface area contributed by atoms with E-state index in [2.05, 4.69) is 43.7 Å². The van der Waals surface area contributed by atoms with Crippen molar-refractivity contribution in [3.8, 4) is 0 Å². The van der Waals surface area contributed by atoms with Gasteiger partial charge in [-0.2, -0.15) is 0 Å². The third-order valence-corrected chi connectivity index (χ3v) is 5.64. The molecule has 1 saturated heterocycles. The third-order valence-electron chi connectivity index (χ3n) is 5.64. The van der Waals surface area contributed by atoms with Gasteiger partial charge in [0, 0.05) is 12.8 Å². The minimum absolute atomic E-state index is 0.853. The molecule has 0 radical (unpaired) electrons. The maximum Gasteiger partial charge on any atom is 0.126 e. The number of likely N-dealkylation sites (N-methyl/N-ethyl adjacent to an activating group) is 1. The van der Waals surface area contributed by atoms with Crippen molar-refractivity contribution < 1.29 is 15.1 Å². The molecule has 0 spiro atoms. The molecule has 122 valence electrons. The van der Waals surface area contributed by atoms with Gasteiger partial charge in [-0.05, 0) is 24.0 Å². The molecule has 3 rings (SSSR count). The van der Waals surface area contributed by atoms with E-state index in [0.29, 0.717) is 0 Å². The first-order valence-electron chi connectivity index (χ1n) is 9.24. The lowest BCUT2D eigenvalue weighted by Crippen LogP contribution is -3.18. The molecule has 2 atom stereocenters. The Balaban J connectivity index is 1.45. The van der Waals surface area contributed by atoms with E-state index in [1.54, 1.807) is 16.0 Å². The van der Waals surface area contributed by atoms with Gasteiger partial charge in [0.1, 0.15) is 13.1 Å². The molecule has 4 N–H and O–H groups in total. The summed E-state index contributed by atoms with van der Waals surface area (Å²) in [4.78, 5) is 3.45. The standard InChI is InChI=1S/C19H31N3/c1-21(2)11-9-20-14-16-6-5-10-22(15-16)19-12-17-7-3-4-8-18(17)13-19/h3-4,7-8,16,19-20H,5-6,9-15H2,1-2H3/p+3. The Morgan fingerprint density at radius 1 is 1.18 bits per heavy atom. The van der Waals surface area contributed by atoms with Crippen LogP contribution in [-0.4, -0.2) is 52.9 Å². The maximum atomic E-state index is 2.56. The van der Waals surface area contributed by atoms with Gasteiger partial charge in [-0.15, -0.1) is 0 Å². The van der Waals surface area contributed by atoms with Gasteiger partial charge < -0.3 is 15.1 Å². The fourth-order valence-electron chi connectivity index (χ4n) is 4.36. The SMILES string of the molecule is C[NH+](C)CC[NH2+]CC1CCC[NH+](C2Cc3ccccc3C2)C1. The van der Waals surface area contributed by atoms with Crippen molar-refractivity contribution in [2.45, 2.75) is 31.7 Å². The highest BCUT2D eigenvalue weighted by atomic mass is 15.2. The van der Waals surface area contributed by atoms with Crippen molar-refractivity contribution >= 4 is 0 Å². The normalized spacial score (nSPS) is 25.6. The second-order valence-electron chi connectivity index (χ2n) is 7.76. The van der Waals surface area contributed by atoms with E-state index in [1.165, 1.54) is 58.4 Å². The first-order chi connectivity index (χ1) is 10.7. The molecular weight excluding hydrogens is 270 g/mol. The zero-order valence-electron chi connectivity index (χ0n) is 14.4. The van der Waals surface area contributed by atoms with E-state index in [9.17, 15) is 0 Å². The van der Waals surface area contributed by atoms with Gasteiger partial charge in [-0.25, -0.2) is 0 Å². The van der Waals surface area contributed by atoms with Crippen LogP contribution < -0.4 is 15.1 Å². The summed E-state index contributed by atoms with van der Waals surface area (Å²) in [5.74, 6) is 0.935. The summed E-state index contributed by atoms with van der Waals surface area (Å²) in [5, 5.41) is 2.56. The number of piperidine rings is 1. The van der Waals surface area contributed by atoms with Crippen LogP contribution in [-0.2, 0) is 12.8 Å². The van der Waals surface area contributed by atoms with E-state index < -0.39 is 0 Å². The molecule has 0 saturated carbocycles. The van der Waals surface area contributed by atoms with Crippen molar-refractivity contribution in [3.63, 3.8) is 0 Å². The zero-order valence-corrected chi connectivity index (χ0v) is 14.4. The molecule has 22 heavy (non-hydrogen) atoms. The van der Waals surface area contributed by atoms with E-state index in [1.807, 2.05) is 4.90 Å². The summed E-state index contributed by atoms with van der Waals surface area (Å²) < 4.78 is 0. The average Bonchev–Trinajstić information content (AvgIpc) is 2.96. The average molecular weight is 305 g/mol. The summed E-state index contributed by atoms with van der Waals surface area (Å²) in [6.07, 6.45) is 5.51. The monoisotopic (exact) mass is 304 g/mol. The first-order valence-corrected chi connectivity index (χ1v) is 9.24. The predicted octanol–water partition coefficient (Wildman–Crippen LogP) is -1.84. The van der Waals surface area contributed by atoms with E-state index in [-0.39, 0.29) is 0 Å². The van der Waals surface area contributed by atoms with E-state index >= 15 is 0 Å². The Hall–Kier alpha value is -0.900. The van der Waals surface area contributed by atoms with Crippen LogP contribution in [0.1, 0.15) is 24.0 Å². The fourth-order valence-corrected chi connectivity index (χ4v) is 4.36. The minimum atomic E-state index is 0.853. The highest BCUT2D eigenvalue weighted by Crippen LogP contribution is 2.21. The van der Waals surface area contributed by atoms with Crippen LogP contribution in [0, 0.1) is 5.92 Å². The largest absolute Gasteiger partial charge is 0.341 e. The maximum absolute atomic E-state index is 2.56. The van der Waals surface area contributed by atoms with Crippen LogP contribution in [0.25, 0.3) is 0 Å². The molecule has 0 bridgehead atoms. The zero-order chi connectivity index (χ0) is 15.4. The fraction of sp³-hybridized carbons (Fsp3) is 0.684. The number of hydrogen-bond donors (Lipinski definition) is 3. The Morgan fingerprint density at radius 3 is 2.59 bits per heavy atom. The lowest BCUT2D eigenvalue weighted by molar-refractivity contribution is -0.935. The summed E-state index contributed by atoms with van der Waals surface area (Å²) >= 11 is 0. The van der Waals surface area contributed by atoms with Gasteiger partial charge >= 0.3 is 0 Å². The van der Waals surface area contributed by atoms with Gasteiger partial charge in [-0.1, -0.05) is 24.3 Å². The molecule has 3 heteroatoms. The Morgan fingerprint density at radius 2 is 1.91 bits per heavy atom. The molecule has 1 aliphatic heterocycles. The quantitative estimate of drug-likeness (QED) is 0.515. The van der Waals surface area contributed by atoms with Crippen molar-refractivity contribution in [1.29, 1.82) is 0 Å². The van der Waals surface area contributed by atoms with Crippen LogP contribution in [0.4, 0.5) is 0 Å². The van der Waals surface area contributed by atoms with Crippen molar-refractivity contribution in [3.05, 3.63) is 35.4 Å². The van der Waals surface area contributed by atoms with E-state index in [0.717, 1.165) is 12.0 Å². The molecule has 0 aromatic heterocycles. The van der Waals surface area contributed by atoms with Crippen LogP contribution >= 0.6 is 0 Å². The Bertz CT molecular complexity index is 447. The van der Waals surface area contributed by atoms with Gasteiger partial charge in [0.2, 0.25) is 0 Å². The number of benzene rings is 1. The van der Waals surface area contributed by atoms with Crippen LogP contribution in [0.3, 0.4) is 0 Å². The smallest absolute Gasteiger partial charge is 0.126 e. The lowest BCUT2D eigenvalue weighted by atomic mass is 9.96.